The van der Waals surface area contributed by atoms with E-state index in [9.17, 15) is 4.79 Å². The van der Waals surface area contributed by atoms with Gasteiger partial charge >= 0.3 is 6.09 Å². The van der Waals surface area contributed by atoms with E-state index in [2.05, 4.69) is 23.5 Å². The molecule has 0 saturated carbocycles. The van der Waals surface area contributed by atoms with Gasteiger partial charge in [-0.3, -0.25) is 0 Å². The predicted octanol–water partition coefficient (Wildman–Crippen LogP) is 3.72. The molecular weight excluding hydrogens is 274 g/mol. The maximum Gasteiger partial charge on any atom is 0.407 e. The molecule has 0 fully saturated rings. The molecule has 22 heavy (non-hydrogen) atoms. The van der Waals surface area contributed by atoms with Gasteiger partial charge in [0, 0.05) is 6.54 Å². The molecule has 0 heterocycles. The van der Waals surface area contributed by atoms with Crippen LogP contribution in [0.25, 0.3) is 6.08 Å². The van der Waals surface area contributed by atoms with Gasteiger partial charge in [0.2, 0.25) is 0 Å². The number of hydrogen-bond acceptors (Lipinski definition) is 2. The second kappa shape index (κ2) is 6.94. The first-order valence-corrected chi connectivity index (χ1v) is 7.54. The summed E-state index contributed by atoms with van der Waals surface area (Å²) in [6.45, 7) is 0.756. The number of aryl methyl sites for hydroxylation is 2. The third-order valence-corrected chi connectivity index (χ3v) is 3.78. The minimum atomic E-state index is -0.398. The van der Waals surface area contributed by atoms with Gasteiger partial charge in [-0.05, 0) is 35.1 Å². The van der Waals surface area contributed by atoms with E-state index in [1.807, 2.05) is 42.5 Å². The van der Waals surface area contributed by atoms with Crippen molar-refractivity contribution in [1.29, 1.82) is 0 Å². The first-order chi connectivity index (χ1) is 10.8. The van der Waals surface area contributed by atoms with Gasteiger partial charge < -0.3 is 10.1 Å². The Kier molecular flexibility index (Phi) is 4.54. The molecule has 3 rings (SSSR count). The summed E-state index contributed by atoms with van der Waals surface area (Å²) in [6.07, 6.45) is 5.95. The molecule has 1 amide bonds. The molecule has 1 N–H and O–H groups in total. The number of carbonyl (C=O) groups excluding carboxylic acids is 1. The third kappa shape index (κ3) is 3.76. The molecule has 0 saturated heterocycles. The summed E-state index contributed by atoms with van der Waals surface area (Å²) in [5.41, 5.74) is 5.06. The molecule has 2 aromatic carbocycles. The van der Waals surface area contributed by atoms with Crippen LogP contribution in [0.4, 0.5) is 4.79 Å². The van der Waals surface area contributed by atoms with Crippen molar-refractivity contribution in [3.63, 3.8) is 0 Å². The molecule has 0 aliphatic heterocycles. The average molecular weight is 293 g/mol. The molecule has 0 bridgehead atoms. The largest absolute Gasteiger partial charge is 0.445 e. The predicted molar refractivity (Wildman–Crippen MR) is 87.5 cm³/mol. The van der Waals surface area contributed by atoms with Crippen molar-refractivity contribution in [2.75, 3.05) is 6.54 Å². The topological polar surface area (TPSA) is 38.3 Å². The van der Waals surface area contributed by atoms with E-state index in [1.165, 1.54) is 29.5 Å². The molecule has 0 atom stereocenters. The Labute approximate surface area is 130 Å². The molecule has 0 radical (unpaired) electrons. The van der Waals surface area contributed by atoms with E-state index < -0.39 is 6.09 Å². The highest BCUT2D eigenvalue weighted by molar-refractivity contribution is 5.67. The van der Waals surface area contributed by atoms with Crippen LogP contribution in [0.2, 0.25) is 0 Å². The molecular formula is C19H19NO2. The number of benzene rings is 2. The highest BCUT2D eigenvalue weighted by atomic mass is 16.5. The van der Waals surface area contributed by atoms with Crippen LogP contribution in [0.5, 0.6) is 0 Å². The number of carbonyl (C=O) groups is 1. The normalized spacial score (nSPS) is 12.5. The second-order valence-electron chi connectivity index (χ2n) is 5.37. The second-order valence-corrected chi connectivity index (χ2v) is 5.37. The van der Waals surface area contributed by atoms with Crippen LogP contribution in [0, 0.1) is 0 Å². The molecule has 1 aliphatic carbocycles. The number of amides is 1. The van der Waals surface area contributed by atoms with Crippen molar-refractivity contribution < 1.29 is 9.53 Å². The monoisotopic (exact) mass is 293 g/mol. The van der Waals surface area contributed by atoms with Crippen molar-refractivity contribution in [3.8, 4) is 0 Å². The zero-order chi connectivity index (χ0) is 15.2. The number of fused-ring (bicyclic) bond motifs is 1. The number of nitrogens with one attached hydrogen (secondary N) is 1. The Morgan fingerprint density at radius 1 is 1.09 bits per heavy atom. The lowest BCUT2D eigenvalue weighted by Crippen LogP contribution is -2.24. The Balaban J connectivity index is 1.39. The number of rotatable bonds is 5. The van der Waals surface area contributed by atoms with E-state index >= 15 is 0 Å². The molecule has 2 aromatic rings. The number of alkyl carbamates (subject to hydrolysis) is 1. The zero-order valence-corrected chi connectivity index (χ0v) is 12.4. The van der Waals surface area contributed by atoms with E-state index in [1.54, 1.807) is 0 Å². The summed E-state index contributed by atoms with van der Waals surface area (Å²) >= 11 is 0. The van der Waals surface area contributed by atoms with E-state index in [0.717, 1.165) is 5.56 Å². The van der Waals surface area contributed by atoms with Crippen molar-refractivity contribution in [3.05, 3.63) is 76.9 Å². The lowest BCUT2D eigenvalue weighted by molar-refractivity contribution is 0.141. The third-order valence-electron chi connectivity index (χ3n) is 3.78. The lowest BCUT2D eigenvalue weighted by atomic mass is 9.87. The van der Waals surface area contributed by atoms with Gasteiger partial charge in [0.05, 0.1) is 0 Å². The Morgan fingerprint density at radius 2 is 1.91 bits per heavy atom. The average Bonchev–Trinajstić information content (AvgIpc) is 2.53. The van der Waals surface area contributed by atoms with Crippen LogP contribution in [0.1, 0.15) is 22.3 Å². The molecule has 3 nitrogen and oxygen atoms in total. The summed E-state index contributed by atoms with van der Waals surface area (Å²) in [7, 11) is 0. The van der Waals surface area contributed by atoms with Crippen molar-refractivity contribution in [2.45, 2.75) is 19.4 Å². The molecule has 112 valence electrons. The number of ether oxygens (including phenoxy) is 1. The Morgan fingerprint density at radius 3 is 2.64 bits per heavy atom. The van der Waals surface area contributed by atoms with Crippen LogP contribution in [0.3, 0.4) is 0 Å². The van der Waals surface area contributed by atoms with Crippen molar-refractivity contribution in [1.82, 2.24) is 5.32 Å². The summed E-state index contributed by atoms with van der Waals surface area (Å²) in [6, 6.07) is 16.1. The molecule has 0 unspecified atom stereocenters. The van der Waals surface area contributed by atoms with Gasteiger partial charge in [-0.25, -0.2) is 4.79 Å². The highest BCUT2D eigenvalue weighted by Gasteiger charge is 2.11. The van der Waals surface area contributed by atoms with Crippen LogP contribution < -0.4 is 5.32 Å². The van der Waals surface area contributed by atoms with E-state index in [4.69, 9.17) is 4.74 Å². The Hall–Kier alpha value is -2.55. The zero-order valence-electron chi connectivity index (χ0n) is 12.4. The van der Waals surface area contributed by atoms with Gasteiger partial charge in [-0.15, -0.1) is 0 Å². The first kappa shape index (κ1) is 14.4. The summed E-state index contributed by atoms with van der Waals surface area (Å²) in [4.78, 5) is 11.6. The summed E-state index contributed by atoms with van der Waals surface area (Å²) in [5, 5.41) is 2.72. The maximum atomic E-state index is 11.6. The van der Waals surface area contributed by atoms with E-state index in [0.29, 0.717) is 13.2 Å². The SMILES string of the molecule is O=C(NCC=Cc1ccc2c(c1)CC2)OCc1ccccc1. The van der Waals surface area contributed by atoms with Crippen LogP contribution in [0.15, 0.2) is 54.6 Å². The van der Waals surface area contributed by atoms with Gasteiger partial charge in [0.25, 0.3) is 0 Å². The fourth-order valence-electron chi connectivity index (χ4n) is 2.43. The first-order valence-electron chi connectivity index (χ1n) is 7.54. The fourth-order valence-corrected chi connectivity index (χ4v) is 2.43. The number of hydrogen-bond donors (Lipinski definition) is 1. The fraction of sp³-hybridized carbons (Fsp3) is 0.211. The van der Waals surface area contributed by atoms with E-state index in [-0.39, 0.29) is 0 Å². The van der Waals surface area contributed by atoms with Crippen LogP contribution in [-0.2, 0) is 24.2 Å². The maximum absolute atomic E-state index is 11.6. The van der Waals surface area contributed by atoms with Gasteiger partial charge in [-0.1, -0.05) is 60.7 Å². The van der Waals surface area contributed by atoms with Gasteiger partial charge in [0.15, 0.2) is 0 Å². The minimum absolute atomic E-state index is 0.293. The quantitative estimate of drug-likeness (QED) is 0.912. The summed E-state index contributed by atoms with van der Waals surface area (Å²) in [5.74, 6) is 0. The molecule has 1 aliphatic rings. The van der Waals surface area contributed by atoms with Gasteiger partial charge in [-0.2, -0.15) is 0 Å². The molecule has 3 heteroatoms. The van der Waals surface area contributed by atoms with Crippen molar-refractivity contribution in [2.24, 2.45) is 0 Å². The highest BCUT2D eigenvalue weighted by Crippen LogP contribution is 2.23. The standard InChI is InChI=1S/C19H19NO2/c21-19(22-14-16-5-2-1-3-6-16)20-12-4-7-15-8-9-17-10-11-18(17)13-15/h1-9,13H,10-12,14H2,(H,20,21). The minimum Gasteiger partial charge on any atom is -0.445 e. The smallest absolute Gasteiger partial charge is 0.407 e. The van der Waals surface area contributed by atoms with Crippen LogP contribution in [-0.4, -0.2) is 12.6 Å². The van der Waals surface area contributed by atoms with Crippen molar-refractivity contribution >= 4 is 12.2 Å². The molecule has 0 spiro atoms. The van der Waals surface area contributed by atoms with Crippen LogP contribution >= 0.6 is 0 Å². The van der Waals surface area contributed by atoms with Gasteiger partial charge in [0.1, 0.15) is 6.61 Å². The summed E-state index contributed by atoms with van der Waals surface area (Å²) < 4.78 is 5.14. The molecule has 0 aromatic heterocycles. The lowest BCUT2D eigenvalue weighted by Gasteiger charge is -2.18. The Bertz CT molecular complexity index is 677.